The van der Waals surface area contributed by atoms with E-state index in [2.05, 4.69) is 49.0 Å². The third-order valence-corrected chi connectivity index (χ3v) is 4.50. The van der Waals surface area contributed by atoms with Crippen LogP contribution in [0, 0.1) is 4.64 Å². The van der Waals surface area contributed by atoms with Crippen molar-refractivity contribution in [1.82, 2.24) is 4.57 Å². The fourth-order valence-electron chi connectivity index (χ4n) is 1.60. The molecule has 80 valence electrons. The number of pyridine rings is 1. The van der Waals surface area contributed by atoms with E-state index in [1.54, 1.807) is 11.3 Å². The van der Waals surface area contributed by atoms with Crippen LogP contribution >= 0.6 is 23.6 Å². The first kappa shape index (κ1) is 10.8. The van der Waals surface area contributed by atoms with Crippen LogP contribution in [-0.4, -0.2) is 4.57 Å². The van der Waals surface area contributed by atoms with Crippen molar-refractivity contribution >= 4 is 33.6 Å². The topological polar surface area (TPSA) is 4.93 Å². The number of nitrogens with zero attached hydrogens (tertiary/aromatic N) is 1. The minimum absolute atomic E-state index is 0.106. The second-order valence-electron chi connectivity index (χ2n) is 4.36. The Morgan fingerprint density at radius 2 is 2.13 bits per heavy atom. The van der Waals surface area contributed by atoms with Crippen LogP contribution in [-0.2, 0) is 5.54 Å². The second kappa shape index (κ2) is 3.72. The van der Waals surface area contributed by atoms with Crippen LogP contribution in [0.3, 0.4) is 0 Å². The lowest BCUT2D eigenvalue weighted by atomic mass is 10.0. The molecule has 0 aliphatic heterocycles. The molecule has 0 radical (unpaired) electrons. The van der Waals surface area contributed by atoms with Gasteiger partial charge < -0.3 is 4.57 Å². The maximum absolute atomic E-state index is 5.54. The van der Waals surface area contributed by atoms with E-state index in [0.29, 0.717) is 0 Å². The van der Waals surface area contributed by atoms with Crippen molar-refractivity contribution in [3.8, 4) is 0 Å². The summed E-state index contributed by atoms with van der Waals surface area (Å²) in [6.45, 7) is 6.64. The van der Waals surface area contributed by atoms with Crippen molar-refractivity contribution in [2.75, 3.05) is 0 Å². The van der Waals surface area contributed by atoms with E-state index < -0.39 is 0 Å². The average molecular weight is 237 g/mol. The van der Waals surface area contributed by atoms with Gasteiger partial charge in [0.1, 0.15) is 4.64 Å². The van der Waals surface area contributed by atoms with Gasteiger partial charge >= 0.3 is 0 Å². The minimum Gasteiger partial charge on any atom is -0.332 e. The molecule has 3 heteroatoms. The highest BCUT2D eigenvalue weighted by atomic mass is 32.1. The minimum atomic E-state index is 0.106. The molecule has 0 aliphatic rings. The lowest BCUT2D eigenvalue weighted by molar-refractivity contribution is 0.338. The molecule has 0 fully saturated rings. The Hall–Kier alpha value is -0.670. The maximum Gasteiger partial charge on any atom is 0.124 e. The first-order chi connectivity index (χ1) is 7.06. The molecule has 0 aliphatic carbocycles. The smallest absolute Gasteiger partial charge is 0.124 e. The van der Waals surface area contributed by atoms with Crippen LogP contribution in [0.5, 0.6) is 0 Å². The monoisotopic (exact) mass is 237 g/mol. The fourth-order valence-corrected chi connectivity index (χ4v) is 3.00. The van der Waals surface area contributed by atoms with Gasteiger partial charge in [-0.05, 0) is 43.2 Å². The predicted molar refractivity (Wildman–Crippen MR) is 70.3 cm³/mol. The Balaban J connectivity index is 2.73. The van der Waals surface area contributed by atoms with Crippen molar-refractivity contribution in [3.05, 3.63) is 28.4 Å². The maximum atomic E-state index is 5.54. The van der Waals surface area contributed by atoms with E-state index in [0.717, 1.165) is 11.1 Å². The van der Waals surface area contributed by atoms with Crippen molar-refractivity contribution < 1.29 is 0 Å². The first-order valence-electron chi connectivity index (χ1n) is 5.15. The van der Waals surface area contributed by atoms with Gasteiger partial charge in [-0.3, -0.25) is 0 Å². The molecule has 1 nitrogen and oxygen atoms in total. The summed E-state index contributed by atoms with van der Waals surface area (Å²) < 4.78 is 4.41. The molecule has 0 atom stereocenters. The van der Waals surface area contributed by atoms with E-state index in [1.807, 2.05) is 0 Å². The molecule has 0 bridgehead atoms. The normalized spacial score (nSPS) is 12.2. The Bertz CT molecular complexity index is 534. The Kier molecular flexibility index (Phi) is 2.69. The third-order valence-electron chi connectivity index (χ3n) is 3.03. The summed E-state index contributed by atoms with van der Waals surface area (Å²) in [6, 6.07) is 4.28. The van der Waals surface area contributed by atoms with Crippen molar-refractivity contribution in [2.45, 2.75) is 32.7 Å². The molecule has 0 spiro atoms. The van der Waals surface area contributed by atoms with Gasteiger partial charge in [-0.25, -0.2) is 0 Å². The fraction of sp³-hybridized carbons (Fsp3) is 0.417. The highest BCUT2D eigenvalue weighted by Gasteiger charge is 2.17. The summed E-state index contributed by atoms with van der Waals surface area (Å²) in [6.07, 6.45) is 3.19. The molecule has 0 amide bonds. The molecule has 2 aromatic rings. The molecule has 2 aromatic heterocycles. The summed E-state index contributed by atoms with van der Waals surface area (Å²) in [5.74, 6) is 0. The lowest BCUT2D eigenvalue weighted by Crippen LogP contribution is -2.25. The van der Waals surface area contributed by atoms with Crippen LogP contribution in [0.25, 0.3) is 10.1 Å². The second-order valence-corrected chi connectivity index (χ2v) is 5.66. The summed E-state index contributed by atoms with van der Waals surface area (Å²) in [7, 11) is 0. The van der Waals surface area contributed by atoms with E-state index in [4.69, 9.17) is 12.2 Å². The molecular weight excluding hydrogens is 222 g/mol. The van der Waals surface area contributed by atoms with E-state index >= 15 is 0 Å². The Morgan fingerprint density at radius 1 is 1.40 bits per heavy atom. The number of fused-ring (bicyclic) bond motifs is 1. The van der Waals surface area contributed by atoms with Gasteiger partial charge in [-0.15, -0.1) is 11.3 Å². The van der Waals surface area contributed by atoms with Crippen LogP contribution in [0.1, 0.15) is 27.2 Å². The Morgan fingerprint density at radius 3 is 2.80 bits per heavy atom. The summed E-state index contributed by atoms with van der Waals surface area (Å²) in [4.78, 5) is 0. The molecule has 0 saturated carbocycles. The number of thiophene rings is 1. The third kappa shape index (κ3) is 1.74. The van der Waals surface area contributed by atoms with Gasteiger partial charge in [0.2, 0.25) is 0 Å². The lowest BCUT2D eigenvalue weighted by Gasteiger charge is -2.27. The van der Waals surface area contributed by atoms with Gasteiger partial charge in [0, 0.05) is 11.7 Å². The number of hydrogen-bond donors (Lipinski definition) is 0. The van der Waals surface area contributed by atoms with Gasteiger partial charge in [0.15, 0.2) is 0 Å². The highest BCUT2D eigenvalue weighted by molar-refractivity contribution is 7.71. The van der Waals surface area contributed by atoms with Crippen LogP contribution in [0.2, 0.25) is 0 Å². The highest BCUT2D eigenvalue weighted by Crippen LogP contribution is 2.27. The first-order valence-corrected chi connectivity index (χ1v) is 6.44. The largest absolute Gasteiger partial charge is 0.332 e. The molecule has 0 saturated heterocycles. The van der Waals surface area contributed by atoms with Gasteiger partial charge in [-0.2, -0.15) is 0 Å². The van der Waals surface area contributed by atoms with Crippen molar-refractivity contribution in [1.29, 1.82) is 0 Å². The number of rotatable bonds is 2. The number of hydrogen-bond acceptors (Lipinski definition) is 2. The summed E-state index contributed by atoms with van der Waals surface area (Å²) in [5.41, 5.74) is 0.106. The van der Waals surface area contributed by atoms with Crippen LogP contribution < -0.4 is 0 Å². The zero-order valence-electron chi connectivity index (χ0n) is 9.28. The van der Waals surface area contributed by atoms with Gasteiger partial charge in [-0.1, -0.05) is 19.1 Å². The molecule has 0 aromatic carbocycles. The zero-order valence-corrected chi connectivity index (χ0v) is 10.9. The molecule has 0 unspecified atom stereocenters. The Labute approximate surface area is 99.4 Å². The van der Waals surface area contributed by atoms with Gasteiger partial charge in [0.25, 0.3) is 0 Å². The average Bonchev–Trinajstić information content (AvgIpc) is 2.66. The van der Waals surface area contributed by atoms with Gasteiger partial charge in [0.05, 0.1) is 4.70 Å². The molecule has 2 rings (SSSR count). The van der Waals surface area contributed by atoms with Crippen LogP contribution in [0.15, 0.2) is 23.7 Å². The van der Waals surface area contributed by atoms with E-state index in [-0.39, 0.29) is 5.54 Å². The quantitative estimate of drug-likeness (QED) is 0.692. The zero-order chi connectivity index (χ0) is 11.1. The van der Waals surface area contributed by atoms with Crippen LogP contribution in [0.4, 0.5) is 0 Å². The van der Waals surface area contributed by atoms with E-state index in [1.165, 1.54) is 10.1 Å². The SMILES string of the molecule is CCC(C)(C)n1ccc2ccsc2c1=S. The molecule has 15 heavy (non-hydrogen) atoms. The standard InChI is InChI=1S/C12H15NS2/c1-4-12(2,3)13-7-5-9-6-8-15-10(9)11(13)14/h5-8H,4H2,1-3H3. The van der Waals surface area contributed by atoms with Crippen molar-refractivity contribution in [2.24, 2.45) is 0 Å². The molecule has 2 heterocycles. The number of aromatic nitrogens is 1. The predicted octanol–water partition coefficient (Wildman–Crippen LogP) is 4.58. The van der Waals surface area contributed by atoms with Crippen molar-refractivity contribution in [3.63, 3.8) is 0 Å². The summed E-state index contributed by atoms with van der Waals surface area (Å²) in [5, 5.41) is 3.36. The summed E-state index contributed by atoms with van der Waals surface area (Å²) >= 11 is 7.26. The molecule has 0 N–H and O–H groups in total. The molecular formula is C12H15NS2. The van der Waals surface area contributed by atoms with E-state index in [9.17, 15) is 0 Å².